The lowest BCUT2D eigenvalue weighted by molar-refractivity contribution is -0.137. The third kappa shape index (κ3) is 11.2. The molecule has 0 atom stereocenters. The number of hydrogen-bond acceptors (Lipinski definition) is 3. The molecule has 0 bridgehead atoms. The average molecular weight is 334 g/mol. The van der Waals surface area contributed by atoms with Crippen LogP contribution in [-0.2, 0) is 16.0 Å². The predicted octanol–water partition coefficient (Wildman–Crippen LogP) is 4.11. The molecule has 0 fully saturated rings. The van der Waals surface area contributed by atoms with E-state index in [4.69, 9.17) is 10.2 Å². The smallest absolute Gasteiger partial charge is 0.307 e. The molecule has 132 valence electrons. The van der Waals surface area contributed by atoms with Crippen molar-refractivity contribution in [3.63, 3.8) is 0 Å². The van der Waals surface area contributed by atoms with Crippen LogP contribution in [0.15, 0.2) is 36.4 Å². The molecule has 0 amide bonds. The highest BCUT2D eigenvalue weighted by molar-refractivity contribution is 5.97. The summed E-state index contributed by atoms with van der Waals surface area (Å²) >= 11 is 0. The van der Waals surface area contributed by atoms with Gasteiger partial charge in [0.2, 0.25) is 0 Å². The number of carboxylic acids is 2. The van der Waals surface area contributed by atoms with E-state index in [2.05, 4.69) is 6.92 Å². The predicted molar refractivity (Wildman–Crippen MR) is 93.3 cm³/mol. The lowest BCUT2D eigenvalue weighted by Crippen LogP contribution is -2.03. The van der Waals surface area contributed by atoms with Gasteiger partial charge in [0.05, 0.1) is 12.8 Å². The fraction of sp³-hybridized carbons (Fsp3) is 0.421. The fourth-order valence-electron chi connectivity index (χ4n) is 1.86. The second-order valence-corrected chi connectivity index (χ2v) is 5.24. The van der Waals surface area contributed by atoms with Gasteiger partial charge in [0.1, 0.15) is 0 Å². The molecule has 0 aromatic heterocycles. The zero-order valence-corrected chi connectivity index (χ0v) is 14.3. The molecular weight excluding hydrogens is 308 g/mol. The number of carbonyl (C=O) groups is 3. The first kappa shape index (κ1) is 21.6. The van der Waals surface area contributed by atoms with Crippen LogP contribution in [0.25, 0.3) is 0 Å². The quantitative estimate of drug-likeness (QED) is 0.523. The Kier molecular flexibility index (Phi) is 11.7. The van der Waals surface area contributed by atoms with Crippen LogP contribution < -0.4 is 0 Å². The zero-order chi connectivity index (χ0) is 18.4. The van der Waals surface area contributed by atoms with Gasteiger partial charge in [-0.2, -0.15) is 0 Å². The van der Waals surface area contributed by atoms with Gasteiger partial charge in [-0.15, -0.1) is 0 Å². The van der Waals surface area contributed by atoms with Crippen molar-refractivity contribution < 1.29 is 24.6 Å². The third-order valence-corrected chi connectivity index (χ3v) is 3.08. The van der Waals surface area contributed by atoms with Gasteiger partial charge in [0, 0.05) is 12.0 Å². The van der Waals surface area contributed by atoms with E-state index in [0.29, 0.717) is 5.56 Å². The summed E-state index contributed by atoms with van der Waals surface area (Å²) in [6.45, 7) is 4.07. The van der Waals surface area contributed by atoms with E-state index < -0.39 is 11.9 Å². The molecule has 0 aliphatic heterocycles. The molecule has 2 N–H and O–H groups in total. The maximum Gasteiger partial charge on any atom is 0.307 e. The second-order valence-electron chi connectivity index (χ2n) is 5.24. The summed E-state index contributed by atoms with van der Waals surface area (Å²) in [5.41, 5.74) is 1.80. The van der Waals surface area contributed by atoms with Crippen LogP contribution in [0.1, 0.15) is 61.9 Å². The minimum Gasteiger partial charge on any atom is -0.481 e. The van der Waals surface area contributed by atoms with E-state index in [0.717, 1.165) is 19.3 Å². The summed E-state index contributed by atoms with van der Waals surface area (Å²) in [5, 5.41) is 16.6. The number of Topliss-reactive ketones (excluding diaryl/α,β-unsaturated/α-hetero) is 1. The summed E-state index contributed by atoms with van der Waals surface area (Å²) in [4.78, 5) is 31.7. The molecule has 24 heavy (non-hydrogen) atoms. The molecule has 0 aliphatic carbocycles. The Morgan fingerprint density at radius 2 is 1.54 bits per heavy atom. The first-order chi connectivity index (χ1) is 11.4. The van der Waals surface area contributed by atoms with Crippen molar-refractivity contribution in [2.24, 2.45) is 0 Å². The van der Waals surface area contributed by atoms with E-state index in [1.54, 1.807) is 18.2 Å². The second kappa shape index (κ2) is 13.0. The Hall–Kier alpha value is -2.43. The molecule has 1 rings (SSSR count). The standard InChI is InChI=1S/C13H16O3.C6H10O2/c1-2-3-10-4-6-11(7-5-10)12(14)8-9-13(15)16;1-2-3-4-5-6(7)8/h4-7H,2-3,8-9H2,1H3,(H,15,16);3-4H,2,5H2,1H3,(H,7,8). The maximum atomic E-state index is 11.6. The number of hydrogen-bond donors (Lipinski definition) is 2. The number of ketones is 1. The van der Waals surface area contributed by atoms with Crippen molar-refractivity contribution in [2.75, 3.05) is 0 Å². The zero-order valence-electron chi connectivity index (χ0n) is 14.3. The van der Waals surface area contributed by atoms with Gasteiger partial charge < -0.3 is 10.2 Å². The minimum absolute atomic E-state index is 0.0719. The van der Waals surface area contributed by atoms with Crippen molar-refractivity contribution in [2.45, 2.75) is 52.4 Å². The third-order valence-electron chi connectivity index (χ3n) is 3.08. The fourth-order valence-corrected chi connectivity index (χ4v) is 1.86. The molecule has 0 saturated carbocycles. The van der Waals surface area contributed by atoms with Crippen LogP contribution in [0.3, 0.4) is 0 Å². The van der Waals surface area contributed by atoms with Crippen molar-refractivity contribution in [3.05, 3.63) is 47.5 Å². The van der Waals surface area contributed by atoms with Crippen LogP contribution in [-0.4, -0.2) is 27.9 Å². The van der Waals surface area contributed by atoms with Gasteiger partial charge in [-0.05, 0) is 18.4 Å². The van der Waals surface area contributed by atoms with Crippen LogP contribution >= 0.6 is 0 Å². The molecule has 1 aromatic rings. The monoisotopic (exact) mass is 334 g/mol. The highest BCUT2D eigenvalue weighted by Gasteiger charge is 2.07. The molecule has 1 aromatic carbocycles. The topological polar surface area (TPSA) is 91.7 Å². The summed E-state index contributed by atoms with van der Waals surface area (Å²) < 4.78 is 0. The Balaban J connectivity index is 0.000000561. The molecule has 0 radical (unpaired) electrons. The molecule has 5 nitrogen and oxygen atoms in total. The van der Waals surface area contributed by atoms with Gasteiger partial charge in [-0.25, -0.2) is 0 Å². The highest BCUT2D eigenvalue weighted by atomic mass is 16.4. The van der Waals surface area contributed by atoms with E-state index in [1.807, 2.05) is 25.1 Å². The maximum absolute atomic E-state index is 11.6. The average Bonchev–Trinajstić information content (AvgIpc) is 2.54. The Bertz CT molecular complexity index is 543. The SMILES string of the molecule is CCC=CCC(=O)O.CCCc1ccc(C(=O)CCC(=O)O)cc1. The lowest BCUT2D eigenvalue weighted by atomic mass is 10.0. The molecule has 0 aliphatic rings. The van der Waals surface area contributed by atoms with Crippen molar-refractivity contribution in [1.82, 2.24) is 0 Å². The van der Waals surface area contributed by atoms with Gasteiger partial charge in [-0.3, -0.25) is 14.4 Å². The molecule has 0 unspecified atom stereocenters. The summed E-state index contributed by atoms with van der Waals surface area (Å²) in [7, 11) is 0. The van der Waals surface area contributed by atoms with Crippen LogP contribution in [0, 0.1) is 0 Å². The largest absolute Gasteiger partial charge is 0.481 e. The van der Waals surface area contributed by atoms with Gasteiger partial charge in [-0.1, -0.05) is 56.7 Å². The number of benzene rings is 1. The first-order valence-corrected chi connectivity index (χ1v) is 8.11. The van der Waals surface area contributed by atoms with Gasteiger partial charge in [0.15, 0.2) is 5.78 Å². The van der Waals surface area contributed by atoms with Gasteiger partial charge >= 0.3 is 11.9 Å². The van der Waals surface area contributed by atoms with Crippen LogP contribution in [0.5, 0.6) is 0 Å². The molecule has 5 heteroatoms. The Morgan fingerprint density at radius 1 is 0.917 bits per heavy atom. The van der Waals surface area contributed by atoms with E-state index in [9.17, 15) is 14.4 Å². The van der Waals surface area contributed by atoms with Crippen LogP contribution in [0.4, 0.5) is 0 Å². The van der Waals surface area contributed by atoms with E-state index in [1.165, 1.54) is 5.56 Å². The van der Waals surface area contributed by atoms with Crippen molar-refractivity contribution >= 4 is 17.7 Å². The molecule has 0 saturated heterocycles. The summed E-state index contributed by atoms with van der Waals surface area (Å²) in [6, 6.07) is 7.40. The minimum atomic E-state index is -0.934. The lowest BCUT2D eigenvalue weighted by Gasteiger charge is -2.01. The first-order valence-electron chi connectivity index (χ1n) is 8.11. The number of allylic oxidation sites excluding steroid dienone is 1. The Labute approximate surface area is 143 Å². The highest BCUT2D eigenvalue weighted by Crippen LogP contribution is 2.09. The molecule has 0 spiro atoms. The van der Waals surface area contributed by atoms with Crippen molar-refractivity contribution in [1.29, 1.82) is 0 Å². The normalized spacial score (nSPS) is 10.1. The summed E-state index contributed by atoms with van der Waals surface area (Å²) in [5.74, 6) is -1.81. The van der Waals surface area contributed by atoms with Crippen LogP contribution in [0.2, 0.25) is 0 Å². The Morgan fingerprint density at radius 3 is 2.00 bits per heavy atom. The number of aliphatic carboxylic acids is 2. The number of carboxylic acid groups (broad SMARTS) is 2. The van der Waals surface area contributed by atoms with Gasteiger partial charge in [0.25, 0.3) is 0 Å². The number of rotatable bonds is 9. The van der Waals surface area contributed by atoms with E-state index in [-0.39, 0.29) is 25.0 Å². The summed E-state index contributed by atoms with van der Waals surface area (Å²) in [6.07, 6.45) is 6.60. The van der Waals surface area contributed by atoms with Crippen molar-refractivity contribution in [3.8, 4) is 0 Å². The number of carbonyl (C=O) groups excluding carboxylic acids is 1. The molecular formula is C19H26O5. The number of aryl methyl sites for hydroxylation is 1. The molecule has 0 heterocycles. The van der Waals surface area contributed by atoms with E-state index >= 15 is 0 Å².